The number of rotatable bonds is 7. The summed E-state index contributed by atoms with van der Waals surface area (Å²) in [5.41, 5.74) is 5.16. The van der Waals surface area contributed by atoms with Gasteiger partial charge in [-0.25, -0.2) is 5.43 Å². The first kappa shape index (κ1) is 21.5. The van der Waals surface area contributed by atoms with Crippen LogP contribution in [0.5, 0.6) is 5.75 Å². The molecule has 0 radical (unpaired) electrons. The number of hydrazone groups is 1. The Labute approximate surface area is 180 Å². The molecule has 3 aromatic carbocycles. The zero-order chi connectivity index (χ0) is 21.6. The van der Waals surface area contributed by atoms with E-state index in [2.05, 4.69) is 10.5 Å². The molecule has 0 saturated carbocycles. The van der Waals surface area contributed by atoms with Gasteiger partial charge >= 0.3 is 10.1 Å². The van der Waals surface area contributed by atoms with Crippen LogP contribution >= 0.6 is 11.6 Å². The van der Waals surface area contributed by atoms with Crippen molar-refractivity contribution in [1.29, 1.82) is 0 Å². The standard InChI is InChI=1S/C22H19ClN2O4S/c1-16-2-4-17(5-3-16)14-22(26)25-24-15-18-6-10-20(11-7-18)29-30(27,28)21-12-8-19(23)9-13-21/h2-13,15H,14H2,1H3,(H,25,26)/b24-15-. The maximum Gasteiger partial charge on any atom is 0.339 e. The predicted octanol–water partition coefficient (Wildman–Crippen LogP) is 4.11. The van der Waals surface area contributed by atoms with Crippen LogP contribution in [0.2, 0.25) is 5.02 Å². The van der Waals surface area contributed by atoms with Crippen LogP contribution in [0.25, 0.3) is 0 Å². The number of hydrogen-bond donors (Lipinski definition) is 1. The third-order valence-corrected chi connectivity index (χ3v) is 5.59. The van der Waals surface area contributed by atoms with Crippen molar-refractivity contribution in [2.24, 2.45) is 5.10 Å². The van der Waals surface area contributed by atoms with Gasteiger partial charge in [-0.05, 0) is 66.6 Å². The number of carbonyl (C=O) groups is 1. The van der Waals surface area contributed by atoms with E-state index in [-0.39, 0.29) is 23.0 Å². The molecule has 0 heterocycles. The van der Waals surface area contributed by atoms with E-state index in [4.69, 9.17) is 15.8 Å². The van der Waals surface area contributed by atoms with Crippen molar-refractivity contribution >= 4 is 33.8 Å². The van der Waals surface area contributed by atoms with E-state index in [1.165, 1.54) is 42.6 Å². The molecule has 0 aromatic heterocycles. The Hall–Kier alpha value is -3.16. The summed E-state index contributed by atoms with van der Waals surface area (Å²) < 4.78 is 29.7. The number of benzene rings is 3. The highest BCUT2D eigenvalue weighted by Gasteiger charge is 2.16. The smallest absolute Gasteiger partial charge is 0.339 e. The van der Waals surface area contributed by atoms with Crippen LogP contribution < -0.4 is 9.61 Å². The first-order valence-corrected chi connectivity index (χ1v) is 10.8. The summed E-state index contributed by atoms with van der Waals surface area (Å²) in [4.78, 5) is 11.9. The third-order valence-electron chi connectivity index (χ3n) is 4.08. The first-order chi connectivity index (χ1) is 14.3. The lowest BCUT2D eigenvalue weighted by molar-refractivity contribution is -0.120. The Balaban J connectivity index is 1.55. The third kappa shape index (κ3) is 6.17. The topological polar surface area (TPSA) is 84.8 Å². The molecular formula is C22H19ClN2O4S. The number of halogens is 1. The van der Waals surface area contributed by atoms with Crippen molar-refractivity contribution in [2.75, 3.05) is 0 Å². The lowest BCUT2D eigenvalue weighted by Gasteiger charge is -2.07. The van der Waals surface area contributed by atoms with Crippen LogP contribution in [-0.2, 0) is 21.3 Å². The fourth-order valence-corrected chi connectivity index (χ4v) is 3.55. The fraction of sp³-hybridized carbons (Fsp3) is 0.0909. The van der Waals surface area contributed by atoms with Crippen LogP contribution in [0, 0.1) is 6.92 Å². The molecule has 0 aliphatic heterocycles. The van der Waals surface area contributed by atoms with E-state index in [1.54, 1.807) is 12.1 Å². The maximum absolute atomic E-state index is 12.3. The Morgan fingerprint density at radius 3 is 2.27 bits per heavy atom. The van der Waals surface area contributed by atoms with Crippen LogP contribution in [0.3, 0.4) is 0 Å². The molecular weight excluding hydrogens is 424 g/mol. The van der Waals surface area contributed by atoms with Gasteiger partial charge in [-0.3, -0.25) is 4.79 Å². The van der Waals surface area contributed by atoms with Crippen LogP contribution in [0.1, 0.15) is 16.7 Å². The molecule has 0 unspecified atom stereocenters. The zero-order valence-corrected chi connectivity index (χ0v) is 17.7. The molecule has 8 heteroatoms. The number of nitrogens with one attached hydrogen (secondary N) is 1. The minimum Gasteiger partial charge on any atom is -0.379 e. The summed E-state index contributed by atoms with van der Waals surface area (Å²) in [7, 11) is -3.95. The van der Waals surface area contributed by atoms with Gasteiger partial charge in [0.15, 0.2) is 0 Å². The van der Waals surface area contributed by atoms with Crippen molar-refractivity contribution < 1.29 is 17.4 Å². The molecule has 154 valence electrons. The Kier molecular flexibility index (Phi) is 6.87. The number of aryl methyl sites for hydroxylation is 1. The Bertz CT molecular complexity index is 1140. The van der Waals surface area contributed by atoms with Gasteiger partial charge < -0.3 is 4.18 Å². The van der Waals surface area contributed by atoms with E-state index in [0.717, 1.165) is 11.1 Å². The van der Waals surface area contributed by atoms with E-state index in [9.17, 15) is 13.2 Å². The molecule has 0 spiro atoms. The van der Waals surface area contributed by atoms with Gasteiger partial charge in [0.05, 0.1) is 12.6 Å². The van der Waals surface area contributed by atoms with Gasteiger partial charge in [0.2, 0.25) is 5.91 Å². The average Bonchev–Trinajstić information content (AvgIpc) is 2.71. The summed E-state index contributed by atoms with van der Waals surface area (Å²) in [6.45, 7) is 1.98. The lowest BCUT2D eigenvalue weighted by atomic mass is 10.1. The molecule has 30 heavy (non-hydrogen) atoms. The van der Waals surface area contributed by atoms with Crippen molar-refractivity contribution in [3.63, 3.8) is 0 Å². The molecule has 3 aromatic rings. The highest BCUT2D eigenvalue weighted by Crippen LogP contribution is 2.20. The van der Waals surface area contributed by atoms with Crippen molar-refractivity contribution in [3.05, 3.63) is 94.5 Å². The molecule has 3 rings (SSSR count). The minimum absolute atomic E-state index is 0.00817. The normalized spacial score (nSPS) is 11.4. The highest BCUT2D eigenvalue weighted by molar-refractivity contribution is 7.87. The Morgan fingerprint density at radius 2 is 1.63 bits per heavy atom. The van der Waals surface area contributed by atoms with E-state index >= 15 is 0 Å². The molecule has 0 aliphatic carbocycles. The van der Waals surface area contributed by atoms with E-state index in [1.807, 2.05) is 31.2 Å². The number of nitrogens with zero attached hydrogens (tertiary/aromatic N) is 1. The average molecular weight is 443 g/mol. The van der Waals surface area contributed by atoms with Crippen molar-refractivity contribution in [2.45, 2.75) is 18.2 Å². The van der Waals surface area contributed by atoms with Gasteiger partial charge in [-0.2, -0.15) is 13.5 Å². The predicted molar refractivity (Wildman–Crippen MR) is 116 cm³/mol. The summed E-state index contributed by atoms with van der Waals surface area (Å²) in [5.74, 6) is -0.0744. The van der Waals surface area contributed by atoms with Crippen molar-refractivity contribution in [1.82, 2.24) is 5.43 Å². The molecule has 1 N–H and O–H groups in total. The molecule has 0 atom stereocenters. The van der Waals surface area contributed by atoms with Crippen molar-refractivity contribution in [3.8, 4) is 5.75 Å². The van der Waals surface area contributed by atoms with E-state index in [0.29, 0.717) is 10.6 Å². The second-order valence-electron chi connectivity index (χ2n) is 6.52. The van der Waals surface area contributed by atoms with Gasteiger partial charge in [-0.1, -0.05) is 41.4 Å². The minimum atomic E-state index is -3.95. The quantitative estimate of drug-likeness (QED) is 0.339. The van der Waals surface area contributed by atoms with Gasteiger partial charge in [0.25, 0.3) is 0 Å². The first-order valence-electron chi connectivity index (χ1n) is 8.99. The van der Waals surface area contributed by atoms with Crippen LogP contribution in [0.4, 0.5) is 0 Å². The molecule has 0 saturated heterocycles. The summed E-state index contributed by atoms with van der Waals surface area (Å²) in [6, 6.07) is 19.7. The second-order valence-corrected chi connectivity index (χ2v) is 8.50. The van der Waals surface area contributed by atoms with Crippen LogP contribution in [0.15, 0.2) is 82.8 Å². The molecule has 0 fully saturated rings. The molecule has 1 amide bonds. The largest absolute Gasteiger partial charge is 0.379 e. The monoisotopic (exact) mass is 442 g/mol. The Morgan fingerprint density at radius 1 is 1.00 bits per heavy atom. The summed E-state index contributed by atoms with van der Waals surface area (Å²) in [5, 5.41) is 4.35. The van der Waals surface area contributed by atoms with Crippen LogP contribution in [-0.4, -0.2) is 20.5 Å². The second kappa shape index (κ2) is 9.56. The van der Waals surface area contributed by atoms with Gasteiger partial charge in [-0.15, -0.1) is 0 Å². The zero-order valence-electron chi connectivity index (χ0n) is 16.1. The summed E-state index contributed by atoms with van der Waals surface area (Å²) >= 11 is 5.77. The van der Waals surface area contributed by atoms with E-state index < -0.39 is 10.1 Å². The molecule has 6 nitrogen and oxygen atoms in total. The number of hydrogen-bond acceptors (Lipinski definition) is 5. The van der Waals surface area contributed by atoms with Gasteiger partial charge in [0, 0.05) is 5.02 Å². The lowest BCUT2D eigenvalue weighted by Crippen LogP contribution is -2.19. The number of amides is 1. The van der Waals surface area contributed by atoms with Gasteiger partial charge in [0.1, 0.15) is 10.6 Å². The highest BCUT2D eigenvalue weighted by atomic mass is 35.5. The summed E-state index contributed by atoms with van der Waals surface area (Å²) in [6.07, 6.45) is 1.69. The number of carbonyl (C=O) groups excluding carboxylic acids is 1. The maximum atomic E-state index is 12.3. The molecule has 0 bridgehead atoms. The molecule has 0 aliphatic rings. The fourth-order valence-electron chi connectivity index (χ4n) is 2.50. The SMILES string of the molecule is Cc1ccc(CC(=O)N/N=C\c2ccc(OS(=O)(=O)c3ccc(Cl)cc3)cc2)cc1.